The minimum absolute atomic E-state index is 0.0390. The van der Waals surface area contributed by atoms with Crippen LogP contribution in [0.15, 0.2) is 52.3 Å². The van der Waals surface area contributed by atoms with Crippen molar-refractivity contribution in [2.24, 2.45) is 7.05 Å². The van der Waals surface area contributed by atoms with Gasteiger partial charge in [-0.05, 0) is 17.7 Å². The first-order chi connectivity index (χ1) is 11.2. The van der Waals surface area contributed by atoms with Gasteiger partial charge in [0.25, 0.3) is 11.5 Å². The van der Waals surface area contributed by atoms with Crippen LogP contribution >= 0.6 is 0 Å². The van der Waals surface area contributed by atoms with Gasteiger partial charge in [-0.2, -0.15) is 0 Å². The number of sulfonamides is 1. The van der Waals surface area contributed by atoms with Crippen molar-refractivity contribution in [3.05, 3.63) is 64.1 Å². The Kier molecular flexibility index (Phi) is 5.20. The molecule has 0 radical (unpaired) electrons. The summed E-state index contributed by atoms with van der Waals surface area (Å²) in [5.41, 5.74) is 0.410. The second kappa shape index (κ2) is 6.98. The molecule has 1 N–H and O–H groups in total. The second-order valence-electron chi connectivity index (χ2n) is 5.44. The number of amides is 1. The Morgan fingerprint density at radius 2 is 1.88 bits per heavy atom. The average Bonchev–Trinajstić information content (AvgIpc) is 2.55. The summed E-state index contributed by atoms with van der Waals surface area (Å²) in [6.07, 6.45) is 1.50. The Hall–Kier alpha value is -2.45. The quantitative estimate of drug-likeness (QED) is 0.854. The van der Waals surface area contributed by atoms with E-state index in [4.69, 9.17) is 0 Å². The highest BCUT2D eigenvalue weighted by Crippen LogP contribution is 2.18. The highest BCUT2D eigenvalue weighted by atomic mass is 32.2. The number of carbonyl (C=O) groups excluding carboxylic acids is 1. The summed E-state index contributed by atoms with van der Waals surface area (Å²) in [7, 11) is 0.884. The third kappa shape index (κ3) is 3.72. The van der Waals surface area contributed by atoms with Crippen LogP contribution in [0.25, 0.3) is 0 Å². The normalized spacial score (nSPS) is 11.5. The predicted molar refractivity (Wildman–Crippen MR) is 90.2 cm³/mol. The van der Waals surface area contributed by atoms with E-state index in [9.17, 15) is 18.0 Å². The van der Waals surface area contributed by atoms with Gasteiger partial charge in [-0.1, -0.05) is 18.2 Å². The molecule has 0 bridgehead atoms. The Balaban J connectivity index is 2.22. The number of pyridine rings is 1. The van der Waals surface area contributed by atoms with Crippen molar-refractivity contribution in [1.82, 2.24) is 14.2 Å². The van der Waals surface area contributed by atoms with Crippen molar-refractivity contribution in [3.8, 4) is 0 Å². The van der Waals surface area contributed by atoms with E-state index >= 15 is 0 Å². The minimum atomic E-state index is -3.60. The van der Waals surface area contributed by atoms with Gasteiger partial charge in [0.15, 0.2) is 0 Å². The summed E-state index contributed by atoms with van der Waals surface area (Å²) < 4.78 is 27.1. The van der Waals surface area contributed by atoms with Crippen molar-refractivity contribution < 1.29 is 13.2 Å². The van der Waals surface area contributed by atoms with Gasteiger partial charge >= 0.3 is 0 Å². The fourth-order valence-corrected chi connectivity index (χ4v) is 3.18. The number of nitrogens with one attached hydrogen (secondary N) is 1. The first kappa shape index (κ1) is 17.9. The highest BCUT2D eigenvalue weighted by Gasteiger charge is 2.20. The number of hydrogen-bond acceptors (Lipinski definition) is 4. The van der Waals surface area contributed by atoms with E-state index in [-0.39, 0.29) is 22.6 Å². The van der Waals surface area contributed by atoms with Gasteiger partial charge in [0.2, 0.25) is 10.0 Å². The smallest absolute Gasteiger partial charge is 0.251 e. The molecule has 0 unspecified atom stereocenters. The first-order valence-corrected chi connectivity index (χ1v) is 8.63. The van der Waals surface area contributed by atoms with E-state index in [0.29, 0.717) is 5.56 Å². The number of aromatic nitrogens is 1. The molecule has 0 saturated carbocycles. The lowest BCUT2D eigenvalue weighted by Crippen LogP contribution is -2.28. The average molecular weight is 349 g/mol. The summed E-state index contributed by atoms with van der Waals surface area (Å²) in [6.45, 7) is 0.0390. The van der Waals surface area contributed by atoms with Crippen LogP contribution in [-0.4, -0.2) is 37.3 Å². The van der Waals surface area contributed by atoms with Crippen molar-refractivity contribution in [2.45, 2.75) is 11.4 Å². The van der Waals surface area contributed by atoms with Crippen LogP contribution in [0.3, 0.4) is 0 Å². The zero-order valence-corrected chi connectivity index (χ0v) is 14.5. The molecule has 0 aliphatic carbocycles. The lowest BCUT2D eigenvalue weighted by molar-refractivity contribution is 0.0950. The lowest BCUT2D eigenvalue weighted by atomic mass is 10.2. The van der Waals surface area contributed by atoms with Gasteiger partial charge in [0.05, 0.1) is 4.90 Å². The van der Waals surface area contributed by atoms with Crippen molar-refractivity contribution in [1.29, 1.82) is 0 Å². The third-order valence-electron chi connectivity index (χ3n) is 3.54. The zero-order valence-electron chi connectivity index (χ0n) is 13.7. The first-order valence-electron chi connectivity index (χ1n) is 7.19. The van der Waals surface area contributed by atoms with Gasteiger partial charge in [0.1, 0.15) is 0 Å². The molecule has 24 heavy (non-hydrogen) atoms. The maximum atomic E-state index is 12.3. The number of rotatable bonds is 5. The monoisotopic (exact) mass is 349 g/mol. The van der Waals surface area contributed by atoms with Crippen molar-refractivity contribution in [2.75, 3.05) is 14.1 Å². The van der Waals surface area contributed by atoms with Gasteiger partial charge < -0.3 is 9.88 Å². The molecule has 0 aliphatic rings. The van der Waals surface area contributed by atoms with Crippen LogP contribution in [-0.2, 0) is 23.6 Å². The van der Waals surface area contributed by atoms with Crippen molar-refractivity contribution >= 4 is 15.9 Å². The molecule has 1 aromatic carbocycles. The number of carbonyl (C=O) groups is 1. The second-order valence-corrected chi connectivity index (χ2v) is 7.56. The van der Waals surface area contributed by atoms with Crippen LogP contribution < -0.4 is 10.9 Å². The zero-order chi connectivity index (χ0) is 17.9. The molecule has 128 valence electrons. The van der Waals surface area contributed by atoms with Crippen LogP contribution in [0.4, 0.5) is 0 Å². The van der Waals surface area contributed by atoms with E-state index in [0.717, 1.165) is 4.31 Å². The van der Waals surface area contributed by atoms with Crippen LogP contribution in [0.1, 0.15) is 15.9 Å². The molecule has 1 aromatic heterocycles. The van der Waals surface area contributed by atoms with Crippen LogP contribution in [0.5, 0.6) is 0 Å². The van der Waals surface area contributed by atoms with E-state index < -0.39 is 15.9 Å². The van der Waals surface area contributed by atoms with E-state index in [1.807, 2.05) is 0 Å². The molecule has 0 fully saturated rings. The molecule has 0 spiro atoms. The fraction of sp³-hybridized carbons (Fsp3) is 0.250. The molecule has 7 nitrogen and oxygen atoms in total. The molecule has 0 saturated heterocycles. The summed E-state index contributed by atoms with van der Waals surface area (Å²) in [6, 6.07) is 9.23. The van der Waals surface area contributed by atoms with E-state index in [1.165, 1.54) is 43.1 Å². The molecule has 0 aliphatic heterocycles. The van der Waals surface area contributed by atoms with E-state index in [2.05, 4.69) is 5.32 Å². The Morgan fingerprint density at radius 1 is 1.21 bits per heavy atom. The Bertz CT molecular complexity index is 917. The fourth-order valence-electron chi connectivity index (χ4n) is 2.07. The van der Waals surface area contributed by atoms with Crippen molar-refractivity contribution in [3.63, 3.8) is 0 Å². The summed E-state index contributed by atoms with van der Waals surface area (Å²) in [5.74, 6) is -0.440. The molecule has 2 aromatic rings. The summed E-state index contributed by atoms with van der Waals surface area (Å²) >= 11 is 0. The lowest BCUT2D eigenvalue weighted by Gasteiger charge is -2.15. The molecule has 8 heteroatoms. The van der Waals surface area contributed by atoms with Crippen LogP contribution in [0, 0.1) is 0 Å². The third-order valence-corrected chi connectivity index (χ3v) is 5.45. The number of nitrogens with zero attached hydrogens (tertiary/aromatic N) is 2. The Morgan fingerprint density at radius 3 is 2.50 bits per heavy atom. The Labute approximate surface area is 140 Å². The predicted octanol–water partition coefficient (Wildman–Crippen LogP) is 0.566. The highest BCUT2D eigenvalue weighted by molar-refractivity contribution is 7.89. The van der Waals surface area contributed by atoms with E-state index in [1.54, 1.807) is 25.2 Å². The SMILES string of the molecule is CN(C)S(=O)(=O)c1ccccc1CNC(=O)c1ccn(C)c(=O)c1. The molecule has 1 amide bonds. The molecular formula is C16H19N3O4S. The molecule has 2 rings (SSSR count). The summed E-state index contributed by atoms with van der Waals surface area (Å²) in [5, 5.41) is 2.64. The minimum Gasteiger partial charge on any atom is -0.348 e. The topological polar surface area (TPSA) is 88.5 Å². The molecule has 1 heterocycles. The number of hydrogen-bond donors (Lipinski definition) is 1. The van der Waals surface area contributed by atoms with Crippen LogP contribution in [0.2, 0.25) is 0 Å². The maximum absolute atomic E-state index is 12.3. The molecular weight excluding hydrogens is 330 g/mol. The standard InChI is InChI=1S/C16H19N3O4S/c1-18(2)24(22,23)14-7-5-4-6-13(14)11-17-16(21)12-8-9-19(3)15(20)10-12/h4-10H,11H2,1-3H3,(H,17,21). The number of aryl methyl sites for hydroxylation is 1. The van der Waals surface area contributed by atoms with Gasteiger partial charge in [-0.25, -0.2) is 12.7 Å². The maximum Gasteiger partial charge on any atom is 0.251 e. The van der Waals surface area contributed by atoms with Gasteiger partial charge in [0, 0.05) is 45.5 Å². The van der Waals surface area contributed by atoms with Gasteiger partial charge in [-0.3, -0.25) is 9.59 Å². The van der Waals surface area contributed by atoms with Gasteiger partial charge in [-0.15, -0.1) is 0 Å². The molecule has 0 atom stereocenters. The summed E-state index contributed by atoms with van der Waals surface area (Å²) in [4.78, 5) is 23.9. The largest absolute Gasteiger partial charge is 0.348 e. The number of benzene rings is 1.